The minimum atomic E-state index is -5.27. The summed E-state index contributed by atoms with van der Waals surface area (Å²) in [6.45, 7) is 1.99. The lowest BCUT2D eigenvalue weighted by Crippen LogP contribution is -2.50. The molecule has 0 radical (unpaired) electrons. The quantitative estimate of drug-likeness (QED) is 0.498. The number of allylic oxidation sites excluding steroid dienone is 1. The van der Waals surface area contributed by atoms with Crippen molar-refractivity contribution in [3.8, 4) is 0 Å². The number of carboxylic acids is 1. The molecule has 18 heavy (non-hydrogen) atoms. The van der Waals surface area contributed by atoms with Gasteiger partial charge in [-0.1, -0.05) is 26.2 Å². The molecule has 0 amide bonds. The first kappa shape index (κ1) is 17.3. The average Bonchev–Trinajstić information content (AvgIpc) is 2.22. The van der Waals surface area contributed by atoms with Crippen molar-refractivity contribution in [3.63, 3.8) is 0 Å². The van der Waals surface area contributed by atoms with Gasteiger partial charge in [0.1, 0.15) is 0 Å². The van der Waals surface area contributed by atoms with Crippen LogP contribution < -0.4 is 0 Å². The summed E-state index contributed by atoms with van der Waals surface area (Å²) >= 11 is 3.79. The fourth-order valence-electron chi connectivity index (χ4n) is 1.31. The standard InChI is InChI=1S/C11H17F3O3S/c1-2-3-4-5-6-8(18)7-10(17,9(15)16)11(12,13)14/h7,17-18H,2-6H2,1H3,(H,15,16). The average molecular weight is 286 g/mol. The van der Waals surface area contributed by atoms with E-state index < -0.39 is 17.7 Å². The van der Waals surface area contributed by atoms with E-state index in [-0.39, 0.29) is 17.4 Å². The van der Waals surface area contributed by atoms with Gasteiger partial charge in [-0.15, -0.1) is 12.6 Å². The van der Waals surface area contributed by atoms with Crippen LogP contribution in [0, 0.1) is 0 Å². The number of aliphatic carboxylic acids is 1. The van der Waals surface area contributed by atoms with E-state index in [0.717, 1.165) is 19.3 Å². The maximum atomic E-state index is 12.4. The molecule has 0 aromatic carbocycles. The maximum Gasteiger partial charge on any atom is 0.431 e. The van der Waals surface area contributed by atoms with Crippen LogP contribution in [0.5, 0.6) is 0 Å². The van der Waals surface area contributed by atoms with Crippen molar-refractivity contribution in [1.29, 1.82) is 0 Å². The van der Waals surface area contributed by atoms with Gasteiger partial charge in [-0.2, -0.15) is 13.2 Å². The van der Waals surface area contributed by atoms with Gasteiger partial charge in [-0.3, -0.25) is 0 Å². The van der Waals surface area contributed by atoms with Crippen molar-refractivity contribution in [2.24, 2.45) is 0 Å². The van der Waals surface area contributed by atoms with Crippen molar-refractivity contribution in [2.45, 2.75) is 50.8 Å². The topological polar surface area (TPSA) is 57.5 Å². The molecule has 7 heteroatoms. The lowest BCUT2D eigenvalue weighted by Gasteiger charge is -2.23. The van der Waals surface area contributed by atoms with Gasteiger partial charge >= 0.3 is 12.1 Å². The fourth-order valence-corrected chi connectivity index (χ4v) is 1.66. The minimum absolute atomic E-state index is 0.0756. The second kappa shape index (κ2) is 7.04. The third-order valence-electron chi connectivity index (χ3n) is 2.42. The van der Waals surface area contributed by atoms with Gasteiger partial charge in [0.15, 0.2) is 0 Å². The molecule has 1 atom stereocenters. The Kier molecular flexibility index (Phi) is 6.77. The second-order valence-electron chi connectivity index (χ2n) is 4.02. The van der Waals surface area contributed by atoms with Gasteiger partial charge in [-0.25, -0.2) is 4.79 Å². The molecule has 0 fully saturated rings. The lowest BCUT2D eigenvalue weighted by atomic mass is 10.0. The normalized spacial score (nSPS) is 16.4. The van der Waals surface area contributed by atoms with E-state index in [1.54, 1.807) is 0 Å². The Morgan fingerprint density at radius 3 is 2.22 bits per heavy atom. The Hall–Kier alpha value is -0.690. The van der Waals surface area contributed by atoms with Crippen LogP contribution in [0.25, 0.3) is 0 Å². The number of carbonyl (C=O) groups is 1. The van der Waals surface area contributed by atoms with E-state index >= 15 is 0 Å². The molecular formula is C11H17F3O3S. The van der Waals surface area contributed by atoms with Gasteiger partial charge in [0, 0.05) is 0 Å². The summed E-state index contributed by atoms with van der Waals surface area (Å²) in [5.41, 5.74) is -3.87. The molecule has 106 valence electrons. The molecule has 0 aliphatic heterocycles. The molecule has 0 aromatic heterocycles. The number of alkyl halides is 3. The molecule has 0 aromatic rings. The van der Waals surface area contributed by atoms with Crippen LogP contribution in [-0.4, -0.2) is 28.0 Å². The van der Waals surface area contributed by atoms with E-state index in [0.29, 0.717) is 6.42 Å². The molecule has 2 N–H and O–H groups in total. The summed E-state index contributed by atoms with van der Waals surface area (Å²) in [6.07, 6.45) is -1.44. The van der Waals surface area contributed by atoms with Crippen molar-refractivity contribution >= 4 is 18.6 Å². The largest absolute Gasteiger partial charge is 0.479 e. The zero-order valence-corrected chi connectivity index (χ0v) is 10.9. The Morgan fingerprint density at radius 1 is 1.28 bits per heavy atom. The minimum Gasteiger partial charge on any atom is -0.479 e. The first-order valence-electron chi connectivity index (χ1n) is 5.58. The molecule has 0 aliphatic carbocycles. The molecule has 0 aliphatic rings. The van der Waals surface area contributed by atoms with Crippen molar-refractivity contribution in [1.82, 2.24) is 0 Å². The third kappa shape index (κ3) is 4.89. The number of hydrogen-bond donors (Lipinski definition) is 3. The lowest BCUT2D eigenvalue weighted by molar-refractivity contribution is -0.243. The molecule has 0 spiro atoms. The maximum absolute atomic E-state index is 12.4. The van der Waals surface area contributed by atoms with Gasteiger partial charge in [0.2, 0.25) is 0 Å². The van der Waals surface area contributed by atoms with E-state index in [2.05, 4.69) is 12.6 Å². The summed E-state index contributed by atoms with van der Waals surface area (Å²) in [5, 5.41) is 17.6. The highest BCUT2D eigenvalue weighted by atomic mass is 32.1. The Balaban J connectivity index is 4.72. The van der Waals surface area contributed by atoms with Crippen molar-refractivity contribution < 1.29 is 28.2 Å². The molecule has 0 heterocycles. The monoisotopic (exact) mass is 286 g/mol. The van der Waals surface area contributed by atoms with E-state index in [4.69, 9.17) is 10.2 Å². The van der Waals surface area contributed by atoms with Gasteiger partial charge in [-0.05, 0) is 23.8 Å². The number of thiol groups is 1. The predicted molar refractivity (Wildman–Crippen MR) is 64.5 cm³/mol. The van der Waals surface area contributed by atoms with Crippen LogP contribution in [0.2, 0.25) is 0 Å². The number of unbranched alkanes of at least 4 members (excludes halogenated alkanes) is 3. The fraction of sp³-hybridized carbons (Fsp3) is 0.727. The first-order valence-corrected chi connectivity index (χ1v) is 6.03. The zero-order valence-electron chi connectivity index (χ0n) is 10.00. The zero-order chi connectivity index (χ0) is 14.4. The molecule has 1 unspecified atom stereocenters. The molecule has 0 rings (SSSR count). The molecule has 0 bridgehead atoms. The number of carboxylic acid groups (broad SMARTS) is 1. The Bertz CT molecular complexity index is 315. The molecule has 0 saturated carbocycles. The van der Waals surface area contributed by atoms with Gasteiger partial charge in [0.05, 0.1) is 0 Å². The molecule has 3 nitrogen and oxygen atoms in total. The Morgan fingerprint density at radius 2 is 1.83 bits per heavy atom. The van der Waals surface area contributed by atoms with Crippen LogP contribution in [0.4, 0.5) is 13.2 Å². The summed E-state index contributed by atoms with van der Waals surface area (Å²) < 4.78 is 37.3. The first-order chi connectivity index (χ1) is 8.15. The predicted octanol–water partition coefficient (Wildman–Crippen LogP) is 3.15. The number of hydrogen-bond acceptors (Lipinski definition) is 3. The van der Waals surface area contributed by atoms with Crippen LogP contribution in [0.15, 0.2) is 11.0 Å². The van der Waals surface area contributed by atoms with Crippen molar-refractivity contribution in [2.75, 3.05) is 0 Å². The smallest absolute Gasteiger partial charge is 0.431 e. The Labute approximate surface area is 109 Å². The second-order valence-corrected chi connectivity index (χ2v) is 4.59. The highest BCUT2D eigenvalue weighted by molar-refractivity contribution is 7.84. The molecular weight excluding hydrogens is 269 g/mol. The molecule has 0 saturated heterocycles. The van der Waals surface area contributed by atoms with Gasteiger partial charge in [0.25, 0.3) is 5.60 Å². The highest BCUT2D eigenvalue weighted by Gasteiger charge is 2.58. The van der Waals surface area contributed by atoms with Crippen LogP contribution in [-0.2, 0) is 4.79 Å². The SMILES string of the molecule is CCCCCCC(S)=CC(O)(C(=O)O)C(F)(F)F. The number of aliphatic hydroxyl groups is 1. The van der Waals surface area contributed by atoms with Crippen LogP contribution in [0.1, 0.15) is 39.0 Å². The van der Waals surface area contributed by atoms with Crippen LogP contribution in [0.3, 0.4) is 0 Å². The van der Waals surface area contributed by atoms with Gasteiger partial charge < -0.3 is 10.2 Å². The van der Waals surface area contributed by atoms with Crippen LogP contribution >= 0.6 is 12.6 Å². The number of rotatable bonds is 7. The van der Waals surface area contributed by atoms with Crippen molar-refractivity contribution in [3.05, 3.63) is 11.0 Å². The summed E-state index contributed by atoms with van der Waals surface area (Å²) in [7, 11) is 0. The third-order valence-corrected chi connectivity index (χ3v) is 2.77. The van der Waals surface area contributed by atoms with E-state index in [1.165, 1.54) is 0 Å². The summed E-state index contributed by atoms with van der Waals surface area (Å²) in [4.78, 5) is 10.5. The summed E-state index contributed by atoms with van der Waals surface area (Å²) in [5.74, 6) is -2.35. The summed E-state index contributed by atoms with van der Waals surface area (Å²) in [6, 6.07) is 0. The highest BCUT2D eigenvalue weighted by Crippen LogP contribution is 2.34. The number of halogens is 3. The van der Waals surface area contributed by atoms with E-state index in [1.807, 2.05) is 6.92 Å². The van der Waals surface area contributed by atoms with E-state index in [9.17, 15) is 18.0 Å².